The number of hydrogen-bond acceptors (Lipinski definition) is 0. The summed E-state index contributed by atoms with van der Waals surface area (Å²) in [6, 6.07) is 21.9. The summed E-state index contributed by atoms with van der Waals surface area (Å²) in [7, 11) is 0. The normalized spacial score (nSPS) is 10.8. The maximum atomic E-state index is 2.21. The second-order valence-corrected chi connectivity index (χ2v) is 5.00. The van der Waals surface area contributed by atoms with Crippen molar-refractivity contribution >= 4 is 32.3 Å². The van der Waals surface area contributed by atoms with Crippen LogP contribution in [0.1, 0.15) is 20.3 Å². The first-order chi connectivity index (χ1) is 9.35. The molecule has 0 fully saturated rings. The van der Waals surface area contributed by atoms with Gasteiger partial charge in [0, 0.05) is 0 Å². The van der Waals surface area contributed by atoms with E-state index in [-0.39, 0.29) is 0 Å². The van der Waals surface area contributed by atoms with Gasteiger partial charge in [-0.2, -0.15) is 0 Å². The van der Waals surface area contributed by atoms with Crippen LogP contribution in [-0.2, 0) is 0 Å². The minimum absolute atomic E-state index is 1.25. The van der Waals surface area contributed by atoms with E-state index < -0.39 is 0 Å². The van der Waals surface area contributed by atoms with Crippen LogP contribution in [0.2, 0.25) is 0 Å². The number of benzene rings is 4. The van der Waals surface area contributed by atoms with Gasteiger partial charge in [-0.05, 0) is 32.3 Å². The van der Waals surface area contributed by atoms with Crippen molar-refractivity contribution in [3.05, 3.63) is 60.7 Å². The lowest BCUT2D eigenvalue weighted by atomic mass is 9.95. The van der Waals surface area contributed by atoms with Crippen molar-refractivity contribution in [1.82, 2.24) is 0 Å². The molecule has 0 bridgehead atoms. The molecular weight excluding hydrogens is 228 g/mol. The first-order valence-electron chi connectivity index (χ1n) is 6.97. The van der Waals surface area contributed by atoms with Gasteiger partial charge in [0.25, 0.3) is 0 Å². The van der Waals surface area contributed by atoms with Crippen LogP contribution in [0.3, 0.4) is 0 Å². The Kier molecular flexibility index (Phi) is 3.08. The molecular formula is C19H18. The predicted molar refractivity (Wildman–Crippen MR) is 86.1 cm³/mol. The zero-order valence-electron chi connectivity index (χ0n) is 11.5. The largest absolute Gasteiger partial charge is 0.0656 e. The third kappa shape index (κ3) is 1.94. The number of hydrogen-bond donors (Lipinski definition) is 0. The molecule has 0 spiro atoms. The summed E-state index contributed by atoms with van der Waals surface area (Å²) < 4.78 is 0. The third-order valence-corrected chi connectivity index (χ3v) is 3.39. The SMILES string of the molecule is CCC.c1cc2ccc3cccc4ccc(c1)c2c34. The monoisotopic (exact) mass is 246 g/mol. The molecule has 0 heteroatoms. The molecule has 0 aromatic heterocycles. The Bertz CT molecular complexity index is 682. The van der Waals surface area contributed by atoms with Crippen molar-refractivity contribution in [1.29, 1.82) is 0 Å². The summed E-state index contributed by atoms with van der Waals surface area (Å²) in [5, 5.41) is 8.14. The highest BCUT2D eigenvalue weighted by Crippen LogP contribution is 2.33. The van der Waals surface area contributed by atoms with Crippen LogP contribution in [-0.4, -0.2) is 0 Å². The molecule has 4 aromatic rings. The molecule has 4 rings (SSSR count). The quantitative estimate of drug-likeness (QED) is 0.334. The fourth-order valence-electron chi connectivity index (χ4n) is 2.67. The van der Waals surface area contributed by atoms with E-state index in [4.69, 9.17) is 0 Å². The van der Waals surface area contributed by atoms with Crippen LogP contribution < -0.4 is 0 Å². The maximum Gasteiger partial charge on any atom is -0.00268 e. The highest BCUT2D eigenvalue weighted by atomic mass is 14.1. The summed E-state index contributed by atoms with van der Waals surface area (Å²) in [5.74, 6) is 0. The summed E-state index contributed by atoms with van der Waals surface area (Å²) >= 11 is 0. The lowest BCUT2D eigenvalue weighted by Gasteiger charge is -2.09. The predicted octanol–water partition coefficient (Wildman–Crippen LogP) is 6.00. The van der Waals surface area contributed by atoms with Crippen LogP contribution in [0.5, 0.6) is 0 Å². The summed E-state index contributed by atoms with van der Waals surface area (Å²) in [4.78, 5) is 0. The van der Waals surface area contributed by atoms with Gasteiger partial charge < -0.3 is 0 Å². The smallest absolute Gasteiger partial charge is 0.00268 e. The summed E-state index contributed by atoms with van der Waals surface area (Å²) in [5.41, 5.74) is 0. The fourth-order valence-corrected chi connectivity index (χ4v) is 2.67. The van der Waals surface area contributed by atoms with Crippen molar-refractivity contribution in [2.45, 2.75) is 20.3 Å². The topological polar surface area (TPSA) is 0 Å². The highest BCUT2D eigenvalue weighted by Gasteiger charge is 2.05. The maximum absolute atomic E-state index is 2.21. The van der Waals surface area contributed by atoms with Gasteiger partial charge in [-0.15, -0.1) is 0 Å². The minimum atomic E-state index is 1.25. The average molecular weight is 246 g/mol. The zero-order chi connectivity index (χ0) is 13.2. The molecule has 4 aromatic carbocycles. The molecule has 0 radical (unpaired) electrons. The lowest BCUT2D eigenvalue weighted by Crippen LogP contribution is -1.82. The van der Waals surface area contributed by atoms with Gasteiger partial charge in [0.15, 0.2) is 0 Å². The van der Waals surface area contributed by atoms with Crippen LogP contribution in [0, 0.1) is 0 Å². The number of rotatable bonds is 0. The van der Waals surface area contributed by atoms with Gasteiger partial charge >= 0.3 is 0 Å². The first kappa shape index (κ1) is 12.0. The average Bonchev–Trinajstić information content (AvgIpc) is 2.46. The molecule has 0 amide bonds. The van der Waals surface area contributed by atoms with E-state index in [1.165, 1.54) is 38.7 Å². The van der Waals surface area contributed by atoms with E-state index in [9.17, 15) is 0 Å². The van der Waals surface area contributed by atoms with E-state index in [2.05, 4.69) is 74.5 Å². The van der Waals surface area contributed by atoms with E-state index in [1.54, 1.807) is 0 Å². The molecule has 19 heavy (non-hydrogen) atoms. The first-order valence-corrected chi connectivity index (χ1v) is 6.97. The molecule has 0 atom stereocenters. The van der Waals surface area contributed by atoms with Gasteiger partial charge in [-0.3, -0.25) is 0 Å². The highest BCUT2D eigenvalue weighted by molar-refractivity contribution is 6.22. The molecule has 0 saturated carbocycles. The van der Waals surface area contributed by atoms with Crippen molar-refractivity contribution < 1.29 is 0 Å². The second-order valence-electron chi connectivity index (χ2n) is 5.00. The molecule has 0 saturated heterocycles. The van der Waals surface area contributed by atoms with Crippen molar-refractivity contribution in [2.75, 3.05) is 0 Å². The Labute approximate surface area is 114 Å². The van der Waals surface area contributed by atoms with E-state index in [0.29, 0.717) is 0 Å². The Hall–Kier alpha value is -2.08. The molecule has 0 aliphatic rings. The Morgan fingerprint density at radius 3 is 1.05 bits per heavy atom. The fraction of sp³-hybridized carbons (Fsp3) is 0.158. The van der Waals surface area contributed by atoms with Gasteiger partial charge in [0.1, 0.15) is 0 Å². The van der Waals surface area contributed by atoms with E-state index >= 15 is 0 Å². The van der Waals surface area contributed by atoms with Crippen LogP contribution in [0.4, 0.5) is 0 Å². The zero-order valence-corrected chi connectivity index (χ0v) is 11.5. The van der Waals surface area contributed by atoms with Crippen molar-refractivity contribution in [3.63, 3.8) is 0 Å². The second kappa shape index (κ2) is 4.89. The summed E-state index contributed by atoms with van der Waals surface area (Å²) in [6.07, 6.45) is 1.25. The molecule has 0 aliphatic carbocycles. The van der Waals surface area contributed by atoms with Crippen molar-refractivity contribution in [3.8, 4) is 0 Å². The molecule has 0 heterocycles. The standard InChI is InChI=1S/C16H10.C3H8/c1-3-11-7-9-13-5-2-6-14-10-8-12(4-1)15(11)16(13)14;1-3-2/h1-10H;3H2,1-2H3. The lowest BCUT2D eigenvalue weighted by molar-refractivity contribution is 1.09. The van der Waals surface area contributed by atoms with Crippen molar-refractivity contribution in [2.24, 2.45) is 0 Å². The Morgan fingerprint density at radius 2 is 0.789 bits per heavy atom. The van der Waals surface area contributed by atoms with Crippen LogP contribution >= 0.6 is 0 Å². The summed E-state index contributed by atoms with van der Waals surface area (Å²) in [6.45, 7) is 4.25. The molecule has 0 unspecified atom stereocenters. The van der Waals surface area contributed by atoms with Crippen LogP contribution in [0.25, 0.3) is 32.3 Å². The van der Waals surface area contributed by atoms with E-state index in [1.807, 2.05) is 0 Å². The molecule has 94 valence electrons. The van der Waals surface area contributed by atoms with Gasteiger partial charge in [0.2, 0.25) is 0 Å². The molecule has 0 aliphatic heterocycles. The molecule has 0 nitrogen and oxygen atoms in total. The third-order valence-electron chi connectivity index (χ3n) is 3.39. The Morgan fingerprint density at radius 1 is 0.526 bits per heavy atom. The van der Waals surface area contributed by atoms with Gasteiger partial charge in [-0.1, -0.05) is 80.9 Å². The van der Waals surface area contributed by atoms with Crippen LogP contribution in [0.15, 0.2) is 60.7 Å². The Balaban J connectivity index is 0.000000339. The minimum Gasteiger partial charge on any atom is -0.0656 e. The van der Waals surface area contributed by atoms with E-state index in [0.717, 1.165) is 0 Å². The van der Waals surface area contributed by atoms with Gasteiger partial charge in [-0.25, -0.2) is 0 Å². The van der Waals surface area contributed by atoms with Gasteiger partial charge in [0.05, 0.1) is 0 Å². The molecule has 0 N–H and O–H groups in total.